The van der Waals surface area contributed by atoms with Crippen LogP contribution >= 0.6 is 0 Å². The van der Waals surface area contributed by atoms with Crippen LogP contribution in [-0.2, 0) is 4.79 Å². The molecule has 3 nitrogen and oxygen atoms in total. The Morgan fingerprint density at radius 1 is 1.00 bits per heavy atom. The summed E-state index contributed by atoms with van der Waals surface area (Å²) in [6.45, 7) is 14.2. The van der Waals surface area contributed by atoms with Crippen LogP contribution in [0.25, 0.3) is 0 Å². The summed E-state index contributed by atoms with van der Waals surface area (Å²) < 4.78 is 0. The fraction of sp³-hybridized carbons (Fsp3) is 0.643. The smallest absolute Gasteiger partial charge is 0.177 e. The quantitative estimate of drug-likeness (QED) is 0.783. The van der Waals surface area contributed by atoms with Crippen molar-refractivity contribution in [2.24, 2.45) is 0 Å². The van der Waals surface area contributed by atoms with Crippen LogP contribution in [-0.4, -0.2) is 44.9 Å². The lowest BCUT2D eigenvalue weighted by atomic mass is 10.1. The molecule has 0 fully saturated rings. The van der Waals surface area contributed by atoms with Crippen molar-refractivity contribution >= 4 is 21.9 Å². The van der Waals surface area contributed by atoms with Gasteiger partial charge in [0.25, 0.3) is 0 Å². The molecular weight excluding hydrogens is 272 g/mol. The number of rotatable bonds is 4. The Kier molecular flexibility index (Phi) is 4.47. The van der Waals surface area contributed by atoms with Crippen molar-refractivity contribution in [2.45, 2.75) is 52.3 Å². The summed E-state index contributed by atoms with van der Waals surface area (Å²) in [7, 11) is -3.69. The molecule has 0 amide bonds. The molecular formula is C14H26O3Si2. The topological polar surface area (TPSA) is 57.5 Å². The highest BCUT2D eigenvalue weighted by molar-refractivity contribution is 6.94. The van der Waals surface area contributed by atoms with Gasteiger partial charge in [0.2, 0.25) is 0 Å². The van der Waals surface area contributed by atoms with Crippen molar-refractivity contribution < 1.29 is 15.0 Å². The number of aliphatic hydroxyl groups is 2. The first-order chi connectivity index (χ1) is 8.42. The molecule has 108 valence electrons. The predicted octanol–water partition coefficient (Wildman–Crippen LogP) is 2.29. The summed E-state index contributed by atoms with van der Waals surface area (Å²) in [4.78, 5) is 12.8. The van der Waals surface area contributed by atoms with Crippen LogP contribution in [0.5, 0.6) is 0 Å². The molecule has 0 bridgehead atoms. The van der Waals surface area contributed by atoms with Crippen molar-refractivity contribution in [3.63, 3.8) is 0 Å². The number of hydrogen-bond acceptors (Lipinski definition) is 3. The van der Waals surface area contributed by atoms with Gasteiger partial charge in [-0.2, -0.15) is 0 Å². The van der Waals surface area contributed by atoms with Crippen molar-refractivity contribution in [2.75, 3.05) is 6.61 Å². The standard InChI is InChI=1S/C14H26O3Si2/c1-9(16)11-10(8-15)13(18(2,3)4)12(17)14(11)19(5,6)7/h9,15-16H,8H2,1-7H3/t9-/m0/s1. The largest absolute Gasteiger partial charge is 0.392 e. The summed E-state index contributed by atoms with van der Waals surface area (Å²) >= 11 is 0. The van der Waals surface area contributed by atoms with E-state index in [0.717, 1.165) is 10.4 Å². The molecule has 1 atom stereocenters. The van der Waals surface area contributed by atoms with E-state index >= 15 is 0 Å². The van der Waals surface area contributed by atoms with Crippen molar-refractivity contribution in [3.05, 3.63) is 21.5 Å². The van der Waals surface area contributed by atoms with Crippen molar-refractivity contribution in [1.82, 2.24) is 0 Å². The molecule has 0 saturated carbocycles. The fourth-order valence-corrected chi connectivity index (χ4v) is 6.86. The average Bonchev–Trinajstić information content (AvgIpc) is 2.49. The van der Waals surface area contributed by atoms with Crippen molar-refractivity contribution in [1.29, 1.82) is 0 Å². The van der Waals surface area contributed by atoms with Gasteiger partial charge in [-0.3, -0.25) is 4.79 Å². The third-order valence-corrected chi connectivity index (χ3v) is 7.45. The first-order valence-electron chi connectivity index (χ1n) is 6.75. The van der Waals surface area contributed by atoms with Gasteiger partial charge in [0, 0.05) is 0 Å². The van der Waals surface area contributed by atoms with Gasteiger partial charge in [0.1, 0.15) is 0 Å². The Bertz CT molecular complexity index is 460. The van der Waals surface area contributed by atoms with E-state index in [9.17, 15) is 15.0 Å². The molecule has 0 aromatic rings. The van der Waals surface area contributed by atoms with Gasteiger partial charge in [-0.05, 0) is 28.5 Å². The molecule has 2 N–H and O–H groups in total. The molecule has 0 unspecified atom stereocenters. The molecule has 0 aliphatic heterocycles. The zero-order valence-electron chi connectivity index (χ0n) is 13.1. The Morgan fingerprint density at radius 3 is 1.68 bits per heavy atom. The summed E-state index contributed by atoms with van der Waals surface area (Å²) in [5, 5.41) is 21.4. The molecule has 0 heterocycles. The molecule has 1 aliphatic carbocycles. The minimum absolute atomic E-state index is 0.0956. The number of Topliss-reactive ketones (excluding diaryl/α,β-unsaturated/α-hetero) is 1. The highest BCUT2D eigenvalue weighted by Gasteiger charge is 2.43. The van der Waals surface area contributed by atoms with Crippen LogP contribution in [0.3, 0.4) is 0 Å². The lowest BCUT2D eigenvalue weighted by Crippen LogP contribution is -2.35. The van der Waals surface area contributed by atoms with Crippen LogP contribution in [0.2, 0.25) is 39.3 Å². The van der Waals surface area contributed by atoms with Crippen LogP contribution in [0.4, 0.5) is 0 Å². The van der Waals surface area contributed by atoms with Crippen molar-refractivity contribution in [3.8, 4) is 0 Å². The van der Waals surface area contributed by atoms with Gasteiger partial charge in [-0.25, -0.2) is 0 Å². The second-order valence-corrected chi connectivity index (χ2v) is 17.3. The number of aliphatic hydroxyl groups excluding tert-OH is 2. The van der Waals surface area contributed by atoms with E-state index < -0.39 is 22.3 Å². The van der Waals surface area contributed by atoms with Gasteiger partial charge in [0.15, 0.2) is 5.78 Å². The highest BCUT2D eigenvalue weighted by Crippen LogP contribution is 2.40. The number of carbonyl (C=O) groups excluding carboxylic acids is 1. The summed E-state index contributed by atoms with van der Waals surface area (Å²) in [6.07, 6.45) is -0.693. The van der Waals surface area contributed by atoms with Gasteiger partial charge >= 0.3 is 0 Å². The van der Waals surface area contributed by atoms with Gasteiger partial charge in [-0.15, -0.1) is 0 Å². The number of carbonyl (C=O) groups is 1. The van der Waals surface area contributed by atoms with E-state index in [-0.39, 0.29) is 12.4 Å². The molecule has 0 aromatic heterocycles. The summed E-state index contributed by atoms with van der Waals surface area (Å²) in [6, 6.07) is 0. The normalized spacial score (nSPS) is 19.5. The van der Waals surface area contributed by atoms with Gasteiger partial charge in [-0.1, -0.05) is 39.3 Å². The van der Waals surface area contributed by atoms with E-state index in [2.05, 4.69) is 39.3 Å². The van der Waals surface area contributed by atoms with E-state index in [4.69, 9.17) is 0 Å². The number of ketones is 1. The summed E-state index contributed by atoms with van der Waals surface area (Å²) in [5.41, 5.74) is 1.42. The fourth-order valence-electron chi connectivity index (χ4n) is 2.83. The maximum absolute atomic E-state index is 12.8. The van der Waals surface area contributed by atoms with E-state index in [1.54, 1.807) is 6.92 Å². The zero-order chi connectivity index (χ0) is 15.2. The minimum atomic E-state index is -1.85. The third-order valence-electron chi connectivity index (χ3n) is 3.43. The second kappa shape index (κ2) is 5.12. The maximum Gasteiger partial charge on any atom is 0.177 e. The van der Waals surface area contributed by atoms with Gasteiger partial charge < -0.3 is 10.2 Å². The Hall–Kier alpha value is -0.496. The molecule has 1 rings (SSSR count). The van der Waals surface area contributed by atoms with Crippen LogP contribution < -0.4 is 0 Å². The first-order valence-corrected chi connectivity index (χ1v) is 13.7. The molecule has 1 aliphatic rings. The third kappa shape index (κ3) is 2.99. The number of hydrogen-bond donors (Lipinski definition) is 2. The van der Waals surface area contributed by atoms with E-state index in [1.165, 1.54) is 0 Å². The van der Waals surface area contributed by atoms with Crippen LogP contribution in [0.1, 0.15) is 6.92 Å². The lowest BCUT2D eigenvalue weighted by molar-refractivity contribution is -0.111. The molecule has 0 spiro atoms. The molecule has 0 saturated heterocycles. The Morgan fingerprint density at radius 2 is 1.42 bits per heavy atom. The van der Waals surface area contributed by atoms with Crippen LogP contribution in [0.15, 0.2) is 21.5 Å². The monoisotopic (exact) mass is 298 g/mol. The average molecular weight is 299 g/mol. The first kappa shape index (κ1) is 16.6. The molecule has 19 heavy (non-hydrogen) atoms. The molecule has 0 radical (unpaired) electrons. The minimum Gasteiger partial charge on any atom is -0.392 e. The Balaban J connectivity index is 3.61. The Labute approximate surface area is 118 Å². The maximum atomic E-state index is 12.8. The zero-order valence-corrected chi connectivity index (χ0v) is 15.1. The SMILES string of the molecule is C[C@H](O)C1=C([Si](C)(C)C)C(=O)C([Si](C)(C)C)=C1CO. The predicted molar refractivity (Wildman–Crippen MR) is 84.5 cm³/mol. The second-order valence-electron chi connectivity index (χ2n) is 7.31. The summed E-state index contributed by atoms with van der Waals surface area (Å²) in [5.74, 6) is 0.0956. The van der Waals surface area contributed by atoms with E-state index in [0.29, 0.717) is 11.1 Å². The van der Waals surface area contributed by atoms with E-state index in [1.807, 2.05) is 0 Å². The van der Waals surface area contributed by atoms with Crippen LogP contribution in [0, 0.1) is 0 Å². The lowest BCUT2D eigenvalue weighted by Gasteiger charge is -2.23. The molecule has 0 aromatic carbocycles. The van der Waals surface area contributed by atoms with Gasteiger partial charge in [0.05, 0.1) is 28.9 Å². The molecule has 5 heteroatoms. The number of allylic oxidation sites excluding steroid dienone is 2. The highest BCUT2D eigenvalue weighted by atomic mass is 28.3.